The van der Waals surface area contributed by atoms with E-state index in [9.17, 15) is 14.0 Å². The number of hydrogen-bond donors (Lipinski definition) is 1. The number of hydrogen-bond acceptors (Lipinski definition) is 5. The number of carbonyl (C=O) groups is 1. The van der Waals surface area contributed by atoms with Gasteiger partial charge in [-0.15, -0.1) is 11.3 Å². The molecular weight excluding hydrogens is 433 g/mol. The zero-order valence-electron chi connectivity index (χ0n) is 17.2. The summed E-state index contributed by atoms with van der Waals surface area (Å²) < 4.78 is 15.5. The Morgan fingerprint density at radius 2 is 1.94 bits per heavy atom. The van der Waals surface area contributed by atoms with Crippen molar-refractivity contribution in [1.29, 1.82) is 0 Å². The maximum absolute atomic E-state index is 13.3. The number of aromatic nitrogens is 2. The highest BCUT2D eigenvalue weighted by molar-refractivity contribution is 7.99. The highest BCUT2D eigenvalue weighted by Crippen LogP contribution is 2.26. The molecule has 0 radical (unpaired) electrons. The predicted molar refractivity (Wildman–Crippen MR) is 125 cm³/mol. The highest BCUT2D eigenvalue weighted by Gasteiger charge is 2.17. The third-order valence-corrected chi connectivity index (χ3v) is 6.67. The number of fused-ring (bicyclic) bond motifs is 1. The second kappa shape index (κ2) is 8.64. The molecule has 2 aromatic heterocycles. The molecule has 0 atom stereocenters. The average Bonchev–Trinajstić information content (AvgIpc) is 3.18. The highest BCUT2D eigenvalue weighted by atomic mass is 32.2. The van der Waals surface area contributed by atoms with Gasteiger partial charge in [0.05, 0.1) is 17.0 Å². The van der Waals surface area contributed by atoms with E-state index in [1.54, 1.807) is 17.6 Å². The van der Waals surface area contributed by atoms with E-state index in [1.807, 2.05) is 37.4 Å². The van der Waals surface area contributed by atoms with Gasteiger partial charge in [0.15, 0.2) is 5.16 Å². The Bertz CT molecular complexity index is 1360. The lowest BCUT2D eigenvalue weighted by atomic mass is 10.1. The quantitative estimate of drug-likeness (QED) is 0.331. The topological polar surface area (TPSA) is 64.0 Å². The molecule has 31 heavy (non-hydrogen) atoms. The van der Waals surface area contributed by atoms with Crippen molar-refractivity contribution >= 4 is 44.9 Å². The number of halogens is 1. The minimum atomic E-state index is -0.351. The van der Waals surface area contributed by atoms with Crippen molar-refractivity contribution in [2.75, 3.05) is 11.1 Å². The zero-order valence-corrected chi connectivity index (χ0v) is 18.9. The Morgan fingerprint density at radius 3 is 2.68 bits per heavy atom. The van der Waals surface area contributed by atoms with Crippen molar-refractivity contribution in [2.45, 2.75) is 25.9 Å². The molecule has 0 saturated heterocycles. The summed E-state index contributed by atoms with van der Waals surface area (Å²) in [5.41, 5.74) is 4.47. The summed E-state index contributed by atoms with van der Waals surface area (Å²) in [6, 6.07) is 11.9. The second-order valence-electron chi connectivity index (χ2n) is 7.26. The van der Waals surface area contributed by atoms with E-state index in [1.165, 1.54) is 41.3 Å². The second-order valence-corrected chi connectivity index (χ2v) is 9.11. The van der Waals surface area contributed by atoms with Crippen molar-refractivity contribution in [3.63, 3.8) is 0 Å². The molecule has 1 N–H and O–H groups in total. The molecule has 8 heteroatoms. The Labute approximate surface area is 187 Å². The number of rotatable bonds is 5. The third-order valence-electron chi connectivity index (χ3n) is 4.84. The largest absolute Gasteiger partial charge is 0.325 e. The number of amides is 1. The zero-order chi connectivity index (χ0) is 22.1. The molecule has 0 spiro atoms. The van der Waals surface area contributed by atoms with E-state index >= 15 is 0 Å². The lowest BCUT2D eigenvalue weighted by Gasteiger charge is -2.15. The molecule has 0 aliphatic rings. The molecule has 4 rings (SSSR count). The van der Waals surface area contributed by atoms with Crippen LogP contribution in [0.4, 0.5) is 10.1 Å². The van der Waals surface area contributed by atoms with Crippen molar-refractivity contribution in [2.24, 2.45) is 0 Å². The van der Waals surface area contributed by atoms with E-state index in [-0.39, 0.29) is 23.0 Å². The molecular formula is C23H20FN3O2S2. The van der Waals surface area contributed by atoms with Crippen LogP contribution in [0.15, 0.2) is 57.8 Å². The smallest absolute Gasteiger partial charge is 0.276 e. The summed E-state index contributed by atoms with van der Waals surface area (Å²) >= 11 is 2.55. The number of thiophene rings is 1. The lowest BCUT2D eigenvalue weighted by Crippen LogP contribution is -2.23. The first-order valence-corrected chi connectivity index (χ1v) is 11.5. The number of aryl methyl sites for hydroxylation is 3. The Balaban J connectivity index is 1.66. The van der Waals surface area contributed by atoms with E-state index in [4.69, 9.17) is 0 Å². The van der Waals surface area contributed by atoms with Crippen LogP contribution in [0.5, 0.6) is 0 Å². The number of benzene rings is 2. The predicted octanol–water partition coefficient (Wildman–Crippen LogP) is 5.24. The van der Waals surface area contributed by atoms with Crippen molar-refractivity contribution in [3.05, 3.63) is 80.7 Å². The summed E-state index contributed by atoms with van der Waals surface area (Å²) in [6.45, 7) is 5.68. The van der Waals surface area contributed by atoms with Gasteiger partial charge in [0.1, 0.15) is 10.5 Å². The lowest BCUT2D eigenvalue weighted by molar-refractivity contribution is -0.113. The number of nitrogens with zero attached hydrogens (tertiary/aromatic N) is 2. The van der Waals surface area contributed by atoms with E-state index < -0.39 is 0 Å². The first-order valence-electron chi connectivity index (χ1n) is 9.60. The van der Waals surface area contributed by atoms with Gasteiger partial charge in [-0.2, -0.15) is 0 Å². The fraction of sp³-hybridized carbons (Fsp3) is 0.174. The van der Waals surface area contributed by atoms with Crippen LogP contribution < -0.4 is 10.9 Å². The molecule has 0 unspecified atom stereocenters. The molecule has 0 saturated carbocycles. The normalized spacial score (nSPS) is 11.1. The molecule has 0 aliphatic heterocycles. The molecule has 2 aromatic carbocycles. The Kier molecular flexibility index (Phi) is 5.93. The molecule has 0 aliphatic carbocycles. The van der Waals surface area contributed by atoms with Crippen LogP contribution in [0.25, 0.3) is 15.9 Å². The van der Waals surface area contributed by atoms with Crippen LogP contribution in [0, 0.1) is 26.6 Å². The van der Waals surface area contributed by atoms with Gasteiger partial charge in [0.2, 0.25) is 5.91 Å². The van der Waals surface area contributed by atoms with Gasteiger partial charge in [0.25, 0.3) is 5.56 Å². The van der Waals surface area contributed by atoms with Gasteiger partial charge in [-0.05, 0) is 67.6 Å². The maximum atomic E-state index is 13.3. The summed E-state index contributed by atoms with van der Waals surface area (Å²) in [7, 11) is 0. The molecule has 5 nitrogen and oxygen atoms in total. The molecule has 2 heterocycles. The van der Waals surface area contributed by atoms with Crippen LogP contribution in [0.3, 0.4) is 0 Å². The van der Waals surface area contributed by atoms with E-state index in [0.29, 0.717) is 26.6 Å². The minimum Gasteiger partial charge on any atom is -0.325 e. The SMILES string of the molecule is Cc1ccc(-n2c(SCC(=O)Nc3ccc(F)cc3C)nc3ccsc3c2=O)c(C)c1. The van der Waals surface area contributed by atoms with Crippen LogP contribution in [-0.4, -0.2) is 21.2 Å². The Morgan fingerprint density at radius 1 is 1.13 bits per heavy atom. The molecule has 158 valence electrons. The first-order chi connectivity index (χ1) is 14.8. The first kappa shape index (κ1) is 21.3. The van der Waals surface area contributed by atoms with Gasteiger partial charge in [-0.1, -0.05) is 29.5 Å². The average molecular weight is 454 g/mol. The fourth-order valence-corrected chi connectivity index (χ4v) is 4.91. The van der Waals surface area contributed by atoms with Gasteiger partial charge in [0, 0.05) is 5.69 Å². The number of nitrogens with one attached hydrogen (secondary N) is 1. The Hall–Kier alpha value is -2.97. The van der Waals surface area contributed by atoms with Gasteiger partial charge < -0.3 is 5.32 Å². The van der Waals surface area contributed by atoms with E-state index in [2.05, 4.69) is 10.3 Å². The number of carbonyl (C=O) groups excluding carboxylic acids is 1. The standard InChI is InChI=1S/C23H20FN3O2S2/c1-13-4-7-19(15(3)10-13)27-22(29)21-18(8-9-30-21)26-23(27)31-12-20(28)25-17-6-5-16(24)11-14(17)2/h4-11H,12H2,1-3H3,(H,25,28). The van der Waals surface area contributed by atoms with Crippen molar-refractivity contribution < 1.29 is 9.18 Å². The van der Waals surface area contributed by atoms with Crippen molar-refractivity contribution in [3.8, 4) is 5.69 Å². The third kappa shape index (κ3) is 4.40. The van der Waals surface area contributed by atoms with Crippen molar-refractivity contribution in [1.82, 2.24) is 9.55 Å². The van der Waals surface area contributed by atoms with Crippen LogP contribution in [0.1, 0.15) is 16.7 Å². The molecule has 4 aromatic rings. The van der Waals surface area contributed by atoms with Crippen LogP contribution >= 0.6 is 23.1 Å². The number of thioether (sulfide) groups is 1. The molecule has 0 fully saturated rings. The maximum Gasteiger partial charge on any atom is 0.276 e. The van der Waals surface area contributed by atoms with Gasteiger partial charge >= 0.3 is 0 Å². The molecule has 0 bridgehead atoms. The monoisotopic (exact) mass is 453 g/mol. The van der Waals surface area contributed by atoms with Gasteiger partial charge in [-0.25, -0.2) is 9.37 Å². The number of anilines is 1. The van der Waals surface area contributed by atoms with Gasteiger partial charge in [-0.3, -0.25) is 14.2 Å². The van der Waals surface area contributed by atoms with Crippen LogP contribution in [0.2, 0.25) is 0 Å². The summed E-state index contributed by atoms with van der Waals surface area (Å²) in [4.78, 5) is 30.4. The van der Waals surface area contributed by atoms with E-state index in [0.717, 1.165) is 16.8 Å². The van der Waals surface area contributed by atoms with Crippen LogP contribution in [-0.2, 0) is 4.79 Å². The summed E-state index contributed by atoms with van der Waals surface area (Å²) in [5.74, 6) is -0.550. The minimum absolute atomic E-state index is 0.0593. The summed E-state index contributed by atoms with van der Waals surface area (Å²) in [5, 5.41) is 5.08. The summed E-state index contributed by atoms with van der Waals surface area (Å²) in [6.07, 6.45) is 0. The molecule has 1 amide bonds. The fourth-order valence-electron chi connectivity index (χ4n) is 3.34.